The van der Waals surface area contributed by atoms with Gasteiger partial charge < -0.3 is 21.0 Å². The Morgan fingerprint density at radius 3 is 2.89 bits per heavy atom. The van der Waals surface area contributed by atoms with Crippen molar-refractivity contribution in [1.82, 2.24) is 4.98 Å². The Hall–Kier alpha value is -2.16. The van der Waals surface area contributed by atoms with Crippen molar-refractivity contribution in [1.29, 1.82) is 0 Å². The number of primary amides is 1. The van der Waals surface area contributed by atoms with Gasteiger partial charge in [-0.15, -0.1) is 11.3 Å². The number of hydrogen-bond donors (Lipinski definition) is 2. The van der Waals surface area contributed by atoms with E-state index in [-0.39, 0.29) is 6.61 Å². The predicted octanol–water partition coefficient (Wildman–Crippen LogP) is -0.530. The second kappa shape index (κ2) is 6.55. The number of anilines is 1. The first-order valence-corrected chi connectivity index (χ1v) is 5.66. The minimum absolute atomic E-state index is 0.125. The van der Waals surface area contributed by atoms with Gasteiger partial charge in [0.2, 0.25) is 0 Å². The van der Waals surface area contributed by atoms with E-state index in [1.54, 1.807) is 5.38 Å². The second-order valence-corrected chi connectivity index (χ2v) is 4.01. The van der Waals surface area contributed by atoms with Gasteiger partial charge in [0.15, 0.2) is 5.13 Å². The van der Waals surface area contributed by atoms with E-state index >= 15 is 0 Å². The van der Waals surface area contributed by atoms with E-state index in [0.717, 1.165) is 6.21 Å². The topological polar surface area (TPSA) is 130 Å². The van der Waals surface area contributed by atoms with E-state index < -0.39 is 17.8 Å². The number of nitrogen functional groups attached to an aromatic ring is 1. The van der Waals surface area contributed by atoms with Crippen molar-refractivity contribution < 1.29 is 19.2 Å². The van der Waals surface area contributed by atoms with Crippen LogP contribution in [-0.4, -0.2) is 36.8 Å². The number of thiazole rings is 1. The summed E-state index contributed by atoms with van der Waals surface area (Å²) in [7, 11) is 1.25. The van der Waals surface area contributed by atoms with Crippen LogP contribution in [0.4, 0.5) is 5.13 Å². The van der Waals surface area contributed by atoms with Gasteiger partial charge in [0.05, 0.1) is 12.8 Å². The maximum Gasteiger partial charge on any atom is 0.318 e. The van der Waals surface area contributed by atoms with Crippen LogP contribution in [0.2, 0.25) is 0 Å². The number of esters is 1. The molecule has 0 bridgehead atoms. The van der Waals surface area contributed by atoms with Gasteiger partial charge in [-0.25, -0.2) is 4.98 Å². The first kappa shape index (κ1) is 13.9. The number of amides is 1. The third-order valence-electron chi connectivity index (χ3n) is 1.88. The van der Waals surface area contributed by atoms with Crippen LogP contribution < -0.4 is 11.5 Å². The fraction of sp³-hybridized carbons (Fsp3) is 0.333. The second-order valence-electron chi connectivity index (χ2n) is 3.12. The predicted molar refractivity (Wildman–Crippen MR) is 64.9 cm³/mol. The largest absolute Gasteiger partial charge is 0.468 e. The smallest absolute Gasteiger partial charge is 0.318 e. The fourth-order valence-corrected chi connectivity index (χ4v) is 1.70. The molecule has 98 valence electrons. The summed E-state index contributed by atoms with van der Waals surface area (Å²) in [5.41, 5.74) is 10.7. The van der Waals surface area contributed by atoms with Crippen molar-refractivity contribution in [2.75, 3.05) is 19.5 Å². The SMILES string of the molecule is COC(=O)C(CON=CC(N)=O)c1csc(N)n1. The van der Waals surface area contributed by atoms with Crippen molar-refractivity contribution in [2.45, 2.75) is 5.92 Å². The highest BCUT2D eigenvalue weighted by atomic mass is 32.1. The van der Waals surface area contributed by atoms with E-state index in [9.17, 15) is 9.59 Å². The number of carbonyl (C=O) groups excluding carboxylic acids is 2. The molecule has 0 aliphatic rings. The number of hydrogen-bond acceptors (Lipinski definition) is 8. The zero-order chi connectivity index (χ0) is 13.5. The highest BCUT2D eigenvalue weighted by molar-refractivity contribution is 7.13. The van der Waals surface area contributed by atoms with Gasteiger partial charge in [0.1, 0.15) is 18.7 Å². The minimum atomic E-state index is -0.756. The van der Waals surface area contributed by atoms with Crippen LogP contribution in [0, 0.1) is 0 Å². The molecule has 0 saturated carbocycles. The molecule has 0 saturated heterocycles. The Balaban J connectivity index is 2.68. The van der Waals surface area contributed by atoms with Crippen LogP contribution in [0.25, 0.3) is 0 Å². The molecule has 18 heavy (non-hydrogen) atoms. The fourth-order valence-electron chi connectivity index (χ4n) is 1.08. The molecule has 1 aromatic heterocycles. The Bertz CT molecular complexity index is 459. The van der Waals surface area contributed by atoms with Crippen LogP contribution in [0.3, 0.4) is 0 Å². The molecule has 0 aliphatic heterocycles. The van der Waals surface area contributed by atoms with Gasteiger partial charge in [0.25, 0.3) is 5.91 Å². The van der Waals surface area contributed by atoms with Gasteiger partial charge in [-0.3, -0.25) is 9.59 Å². The number of rotatable bonds is 6. The molecule has 9 heteroatoms. The van der Waals surface area contributed by atoms with Gasteiger partial charge in [-0.05, 0) is 0 Å². The van der Waals surface area contributed by atoms with E-state index in [4.69, 9.17) is 16.3 Å². The van der Waals surface area contributed by atoms with Crippen LogP contribution >= 0.6 is 11.3 Å². The Morgan fingerprint density at radius 2 is 2.39 bits per heavy atom. The monoisotopic (exact) mass is 272 g/mol. The number of aromatic nitrogens is 1. The highest BCUT2D eigenvalue weighted by Crippen LogP contribution is 2.21. The summed E-state index contributed by atoms with van der Waals surface area (Å²) >= 11 is 1.20. The number of oxime groups is 1. The molecule has 1 heterocycles. The average molecular weight is 272 g/mol. The lowest BCUT2D eigenvalue weighted by Gasteiger charge is -2.10. The van der Waals surface area contributed by atoms with E-state index in [2.05, 4.69) is 14.9 Å². The molecule has 1 atom stereocenters. The van der Waals surface area contributed by atoms with Crippen molar-refractivity contribution >= 4 is 34.6 Å². The Morgan fingerprint density at radius 1 is 1.67 bits per heavy atom. The maximum absolute atomic E-state index is 11.5. The molecule has 4 N–H and O–H groups in total. The lowest BCUT2D eigenvalue weighted by Crippen LogP contribution is -2.20. The first-order chi connectivity index (χ1) is 8.54. The standard InChI is InChI=1S/C9H12N4O4S/c1-16-8(15)5(3-17-12-2-7(10)14)6-4-18-9(11)13-6/h2,4-5H,3H2,1H3,(H2,10,14)(H2,11,13). The lowest BCUT2D eigenvalue weighted by molar-refractivity contribution is -0.144. The number of carbonyl (C=O) groups is 2. The van der Waals surface area contributed by atoms with Crippen molar-refractivity contribution in [2.24, 2.45) is 10.9 Å². The van der Waals surface area contributed by atoms with Gasteiger partial charge in [-0.1, -0.05) is 5.16 Å². The van der Waals surface area contributed by atoms with Crippen LogP contribution in [0.1, 0.15) is 11.6 Å². The third kappa shape index (κ3) is 4.01. The van der Waals surface area contributed by atoms with Crippen molar-refractivity contribution in [3.63, 3.8) is 0 Å². The van der Waals surface area contributed by atoms with Crippen molar-refractivity contribution in [3.8, 4) is 0 Å². The molecule has 1 aromatic rings. The summed E-state index contributed by atoms with van der Waals surface area (Å²) in [6.45, 7) is -0.125. The molecule has 0 aliphatic carbocycles. The molecule has 0 spiro atoms. The maximum atomic E-state index is 11.5. The summed E-state index contributed by atoms with van der Waals surface area (Å²) in [5, 5.41) is 5.25. The Kier molecular flexibility index (Phi) is 5.06. The summed E-state index contributed by atoms with van der Waals surface area (Å²) in [6.07, 6.45) is 0.795. The normalized spacial score (nSPS) is 12.3. The number of nitrogens with zero attached hydrogens (tertiary/aromatic N) is 2. The number of ether oxygens (including phenoxy) is 1. The van der Waals surface area contributed by atoms with E-state index in [1.807, 2.05) is 0 Å². The molecule has 1 unspecified atom stereocenters. The summed E-state index contributed by atoms with van der Waals surface area (Å²) in [6, 6.07) is 0. The van der Waals surface area contributed by atoms with Gasteiger partial charge in [0, 0.05) is 5.38 Å². The lowest BCUT2D eigenvalue weighted by atomic mass is 10.1. The zero-order valence-corrected chi connectivity index (χ0v) is 10.3. The molecule has 0 aromatic carbocycles. The Labute approximate surface area is 107 Å². The molecule has 0 radical (unpaired) electrons. The van der Waals surface area contributed by atoms with Crippen LogP contribution in [0.5, 0.6) is 0 Å². The number of nitrogens with two attached hydrogens (primary N) is 2. The van der Waals surface area contributed by atoms with Gasteiger partial charge >= 0.3 is 5.97 Å². The zero-order valence-electron chi connectivity index (χ0n) is 9.53. The minimum Gasteiger partial charge on any atom is -0.468 e. The number of methoxy groups -OCH3 is 1. The average Bonchev–Trinajstić information content (AvgIpc) is 2.74. The van der Waals surface area contributed by atoms with Crippen molar-refractivity contribution in [3.05, 3.63) is 11.1 Å². The quantitative estimate of drug-likeness (QED) is 0.406. The van der Waals surface area contributed by atoms with E-state index in [1.165, 1.54) is 18.4 Å². The van der Waals surface area contributed by atoms with E-state index in [0.29, 0.717) is 10.8 Å². The summed E-state index contributed by atoms with van der Waals surface area (Å²) in [5.74, 6) is -2.04. The molecule has 0 fully saturated rings. The summed E-state index contributed by atoms with van der Waals surface area (Å²) < 4.78 is 4.62. The molecular weight excluding hydrogens is 260 g/mol. The molecular formula is C9H12N4O4S. The first-order valence-electron chi connectivity index (χ1n) is 4.78. The molecule has 1 rings (SSSR count). The molecule has 8 nitrogen and oxygen atoms in total. The van der Waals surface area contributed by atoms with Gasteiger partial charge in [-0.2, -0.15) is 0 Å². The van der Waals surface area contributed by atoms with Crippen LogP contribution in [-0.2, 0) is 19.2 Å². The van der Waals surface area contributed by atoms with Crippen LogP contribution in [0.15, 0.2) is 10.5 Å². The third-order valence-corrected chi connectivity index (χ3v) is 2.57. The summed E-state index contributed by atoms with van der Waals surface area (Å²) in [4.78, 5) is 30.7. The molecule has 1 amide bonds. The highest BCUT2D eigenvalue weighted by Gasteiger charge is 2.25.